The molecule has 0 radical (unpaired) electrons. The van der Waals surface area contributed by atoms with Gasteiger partial charge in [0.1, 0.15) is 5.78 Å². The third-order valence-corrected chi connectivity index (χ3v) is 2.54. The molecule has 3 N–H and O–H groups in total. The third kappa shape index (κ3) is 1.88. The highest BCUT2D eigenvalue weighted by molar-refractivity contribution is 5.81. The molecule has 0 aromatic carbocycles. The maximum atomic E-state index is 11.4. The van der Waals surface area contributed by atoms with E-state index in [1.807, 2.05) is 25.2 Å². The van der Waals surface area contributed by atoms with Gasteiger partial charge in [0, 0.05) is 33.6 Å². The van der Waals surface area contributed by atoms with Crippen LogP contribution in [0.2, 0.25) is 0 Å². The Bertz CT molecular complexity index is 281. The van der Waals surface area contributed by atoms with Crippen LogP contribution in [0.4, 0.5) is 0 Å². The summed E-state index contributed by atoms with van der Waals surface area (Å²) in [6, 6.07) is 0.401. The number of hydrogen-bond acceptors (Lipinski definition) is 5. The number of nitrogens with zero attached hydrogens (tertiary/aromatic N) is 1. The molecule has 1 saturated heterocycles. The second kappa shape index (κ2) is 3.59. The first-order valence-electron chi connectivity index (χ1n) is 4.89. The van der Waals surface area contributed by atoms with Crippen LogP contribution < -0.4 is 16.3 Å². The minimum atomic E-state index is 0. The van der Waals surface area contributed by atoms with E-state index in [4.69, 9.17) is 0 Å². The van der Waals surface area contributed by atoms with Crippen LogP contribution in [0.25, 0.3) is 0 Å². The smallest absolute Gasteiger partial charge is 0.136 e. The second-order valence-corrected chi connectivity index (χ2v) is 4.00. The highest BCUT2D eigenvalue weighted by Crippen LogP contribution is 2.15. The van der Waals surface area contributed by atoms with Crippen LogP contribution in [0.3, 0.4) is 0 Å². The van der Waals surface area contributed by atoms with E-state index in [9.17, 15) is 4.79 Å². The summed E-state index contributed by atoms with van der Waals surface area (Å²) in [5.74, 6) is 0.332. The molecule has 14 heavy (non-hydrogen) atoms. The third-order valence-electron chi connectivity index (χ3n) is 2.54. The summed E-state index contributed by atoms with van der Waals surface area (Å²) in [5.41, 5.74) is 7.01. The molecule has 1 fully saturated rings. The van der Waals surface area contributed by atoms with Gasteiger partial charge < -0.3 is 10.7 Å². The fourth-order valence-electron chi connectivity index (χ4n) is 1.92. The molecule has 0 bridgehead atoms. The monoisotopic (exact) mass is 198 g/mol. The number of Topliss-reactive ketones (excluding diaryl/α,β-unsaturated/α-hetero) is 1. The molecule has 0 spiro atoms. The standard InChI is InChI=1S/C9H16N4O.H2/c1-6-3-7(14)4-8(10-6)9-5-13(2)12-11-9;/h5-6,8,10-12H,3-4H2,1-2H3;1H/t6-,8?;/m0./s1. The van der Waals surface area contributed by atoms with Crippen molar-refractivity contribution in [1.82, 2.24) is 21.3 Å². The molecule has 0 aromatic heterocycles. The molecular weight excluding hydrogens is 180 g/mol. The van der Waals surface area contributed by atoms with E-state index in [0.29, 0.717) is 18.6 Å². The quantitative estimate of drug-likeness (QED) is 0.542. The lowest BCUT2D eigenvalue weighted by atomic mass is 9.96. The summed E-state index contributed by atoms with van der Waals surface area (Å²) in [4.78, 5) is 11.4. The zero-order chi connectivity index (χ0) is 10.1. The lowest BCUT2D eigenvalue weighted by Crippen LogP contribution is -2.48. The largest absolute Gasteiger partial charge is 0.305 e. The molecule has 5 nitrogen and oxygen atoms in total. The van der Waals surface area contributed by atoms with Crippen molar-refractivity contribution in [1.29, 1.82) is 0 Å². The van der Waals surface area contributed by atoms with Crippen LogP contribution in [-0.2, 0) is 4.79 Å². The Morgan fingerprint density at radius 2 is 2.36 bits per heavy atom. The Morgan fingerprint density at radius 1 is 1.57 bits per heavy atom. The van der Waals surface area contributed by atoms with E-state index in [1.165, 1.54) is 0 Å². The number of hydrogen-bond donors (Lipinski definition) is 3. The van der Waals surface area contributed by atoms with Crippen molar-refractivity contribution in [2.24, 2.45) is 0 Å². The predicted octanol–water partition coefficient (Wildman–Crippen LogP) is -0.262. The second-order valence-electron chi connectivity index (χ2n) is 4.00. The average molecular weight is 198 g/mol. The minimum absolute atomic E-state index is 0. The Morgan fingerprint density at radius 3 is 2.93 bits per heavy atom. The summed E-state index contributed by atoms with van der Waals surface area (Å²) >= 11 is 0. The number of rotatable bonds is 1. The van der Waals surface area contributed by atoms with Crippen molar-refractivity contribution in [2.75, 3.05) is 7.05 Å². The van der Waals surface area contributed by atoms with E-state index in [-0.39, 0.29) is 13.5 Å². The molecule has 2 heterocycles. The summed E-state index contributed by atoms with van der Waals surface area (Å²) in [5, 5.41) is 5.23. The molecule has 2 aliphatic rings. The van der Waals surface area contributed by atoms with Crippen LogP contribution in [0, 0.1) is 0 Å². The fourth-order valence-corrected chi connectivity index (χ4v) is 1.92. The van der Waals surface area contributed by atoms with E-state index in [2.05, 4.69) is 16.3 Å². The van der Waals surface area contributed by atoms with E-state index >= 15 is 0 Å². The van der Waals surface area contributed by atoms with Gasteiger partial charge in [-0.1, -0.05) is 0 Å². The Hall–Kier alpha value is -1.07. The SMILES string of the molecule is C[C@H]1CC(=O)CC(C2=CN(C)NN2)N1.[HH]. The topological polar surface area (TPSA) is 56.4 Å². The van der Waals surface area contributed by atoms with Gasteiger partial charge in [-0.3, -0.25) is 9.80 Å². The highest BCUT2D eigenvalue weighted by Gasteiger charge is 2.28. The first kappa shape index (κ1) is 9.48. The molecule has 80 valence electrons. The molecule has 0 aromatic rings. The highest BCUT2D eigenvalue weighted by atomic mass is 16.1. The number of hydrazine groups is 2. The van der Waals surface area contributed by atoms with Crippen LogP contribution in [0.15, 0.2) is 11.9 Å². The molecule has 5 heteroatoms. The molecule has 0 saturated carbocycles. The van der Waals surface area contributed by atoms with Crippen molar-refractivity contribution < 1.29 is 6.22 Å². The molecule has 2 aliphatic heterocycles. The molecule has 1 unspecified atom stereocenters. The van der Waals surface area contributed by atoms with Gasteiger partial charge in [0.05, 0.1) is 11.7 Å². The fraction of sp³-hybridized carbons (Fsp3) is 0.667. The average Bonchev–Trinajstić information content (AvgIpc) is 2.50. The van der Waals surface area contributed by atoms with Gasteiger partial charge >= 0.3 is 0 Å². The molecule has 2 atom stereocenters. The first-order chi connectivity index (χ1) is 6.65. The zero-order valence-electron chi connectivity index (χ0n) is 8.50. The lowest BCUT2D eigenvalue weighted by molar-refractivity contribution is -0.121. The van der Waals surface area contributed by atoms with Crippen molar-refractivity contribution in [3.8, 4) is 0 Å². The van der Waals surface area contributed by atoms with Crippen molar-refractivity contribution >= 4 is 5.78 Å². The van der Waals surface area contributed by atoms with Crippen LogP contribution in [0.1, 0.15) is 21.2 Å². The number of nitrogens with one attached hydrogen (secondary N) is 3. The summed E-state index contributed by atoms with van der Waals surface area (Å²) in [7, 11) is 1.91. The zero-order valence-corrected chi connectivity index (χ0v) is 8.50. The minimum Gasteiger partial charge on any atom is -0.305 e. The predicted molar refractivity (Wildman–Crippen MR) is 54.9 cm³/mol. The van der Waals surface area contributed by atoms with Crippen molar-refractivity contribution in [3.05, 3.63) is 11.9 Å². The molecule has 2 rings (SSSR count). The maximum absolute atomic E-state index is 11.4. The van der Waals surface area contributed by atoms with Crippen LogP contribution >= 0.6 is 0 Å². The van der Waals surface area contributed by atoms with Gasteiger partial charge in [-0.2, -0.15) is 0 Å². The van der Waals surface area contributed by atoms with Gasteiger partial charge in [0.15, 0.2) is 0 Å². The van der Waals surface area contributed by atoms with E-state index < -0.39 is 0 Å². The Balaban J connectivity index is 0.00000112. The normalized spacial score (nSPS) is 32.9. The summed E-state index contributed by atoms with van der Waals surface area (Å²) < 4.78 is 0. The summed E-state index contributed by atoms with van der Waals surface area (Å²) in [6.07, 6.45) is 3.19. The van der Waals surface area contributed by atoms with Crippen molar-refractivity contribution in [2.45, 2.75) is 31.8 Å². The van der Waals surface area contributed by atoms with Crippen molar-refractivity contribution in [3.63, 3.8) is 0 Å². The molecule has 0 amide bonds. The lowest BCUT2D eigenvalue weighted by Gasteiger charge is -2.28. The Labute approximate surface area is 85.0 Å². The van der Waals surface area contributed by atoms with E-state index in [1.54, 1.807) is 0 Å². The number of piperidine rings is 1. The first-order valence-corrected chi connectivity index (χ1v) is 4.89. The van der Waals surface area contributed by atoms with Crippen LogP contribution in [0.5, 0.6) is 0 Å². The van der Waals surface area contributed by atoms with E-state index in [0.717, 1.165) is 5.70 Å². The molecular formula is C9H18N4O. The van der Waals surface area contributed by atoms with Gasteiger partial charge in [-0.05, 0) is 6.92 Å². The Kier molecular flexibility index (Phi) is 2.43. The van der Waals surface area contributed by atoms with Gasteiger partial charge in [-0.25, -0.2) is 0 Å². The number of carbonyl (C=O) groups excluding carboxylic acids is 1. The van der Waals surface area contributed by atoms with Crippen LogP contribution in [-0.4, -0.2) is 29.9 Å². The van der Waals surface area contributed by atoms with Gasteiger partial charge in [0.2, 0.25) is 0 Å². The van der Waals surface area contributed by atoms with Gasteiger partial charge in [0.25, 0.3) is 0 Å². The number of ketones is 1. The van der Waals surface area contributed by atoms with Gasteiger partial charge in [-0.15, -0.1) is 5.53 Å². The molecule has 0 aliphatic carbocycles. The summed E-state index contributed by atoms with van der Waals surface area (Å²) in [6.45, 7) is 2.04. The number of carbonyl (C=O) groups is 1. The maximum Gasteiger partial charge on any atom is 0.136 e.